The van der Waals surface area contributed by atoms with Gasteiger partial charge < -0.3 is 15.0 Å². The second-order valence-corrected chi connectivity index (χ2v) is 8.74. The van der Waals surface area contributed by atoms with Crippen molar-refractivity contribution < 1.29 is 14.3 Å². The Kier molecular flexibility index (Phi) is 6.47. The van der Waals surface area contributed by atoms with Gasteiger partial charge in [-0.25, -0.2) is 4.79 Å². The third-order valence-electron chi connectivity index (χ3n) is 5.74. The molecule has 160 valence electrons. The molecule has 1 saturated heterocycles. The summed E-state index contributed by atoms with van der Waals surface area (Å²) in [5, 5.41) is 15.4. The number of carbonyl (C=O) groups is 2. The van der Waals surface area contributed by atoms with E-state index in [-0.39, 0.29) is 18.0 Å². The number of likely N-dealkylation sites (tertiary alicyclic amines) is 1. The average molecular weight is 430 g/mol. The minimum absolute atomic E-state index is 0.129. The van der Waals surface area contributed by atoms with Crippen molar-refractivity contribution in [2.45, 2.75) is 57.0 Å². The minimum atomic E-state index is -0.470. The van der Waals surface area contributed by atoms with Gasteiger partial charge in [0.15, 0.2) is 0 Å². The highest BCUT2D eigenvalue weighted by molar-refractivity contribution is 7.18. The molecule has 8 nitrogen and oxygen atoms in total. The van der Waals surface area contributed by atoms with Crippen LogP contribution in [0.15, 0.2) is 24.3 Å². The van der Waals surface area contributed by atoms with Crippen LogP contribution in [0.4, 0.5) is 9.93 Å². The fraction of sp³-hybridized carbons (Fsp3) is 0.524. The van der Waals surface area contributed by atoms with E-state index in [2.05, 4.69) is 20.8 Å². The summed E-state index contributed by atoms with van der Waals surface area (Å²) in [5.41, 5.74) is 0.906. The third kappa shape index (κ3) is 4.72. The molecule has 1 aromatic carbocycles. The molecule has 2 aliphatic rings. The Labute approximate surface area is 180 Å². The van der Waals surface area contributed by atoms with Crippen LogP contribution in [0.25, 0.3) is 10.6 Å². The molecule has 0 unspecified atom stereocenters. The second-order valence-electron chi connectivity index (χ2n) is 7.77. The highest BCUT2D eigenvalue weighted by Gasteiger charge is 2.35. The molecule has 0 spiro atoms. The van der Waals surface area contributed by atoms with Crippen LogP contribution in [0.5, 0.6) is 5.75 Å². The van der Waals surface area contributed by atoms with Crippen LogP contribution in [-0.4, -0.2) is 52.8 Å². The highest BCUT2D eigenvalue weighted by atomic mass is 32.1. The number of hydrogen-bond donors (Lipinski definition) is 2. The molecular formula is C21H27N5O3S. The number of nitrogens with zero attached hydrogens (tertiary/aromatic N) is 3. The van der Waals surface area contributed by atoms with E-state index in [0.717, 1.165) is 43.4 Å². The quantitative estimate of drug-likeness (QED) is 0.756. The lowest BCUT2D eigenvalue weighted by molar-refractivity contribution is -0.119. The van der Waals surface area contributed by atoms with Crippen molar-refractivity contribution in [1.29, 1.82) is 0 Å². The molecule has 9 heteroatoms. The van der Waals surface area contributed by atoms with Gasteiger partial charge in [-0.15, -0.1) is 10.2 Å². The zero-order valence-corrected chi connectivity index (χ0v) is 17.9. The molecule has 1 aromatic heterocycles. The van der Waals surface area contributed by atoms with Crippen LogP contribution >= 0.6 is 11.3 Å². The molecule has 3 amide bonds. The molecule has 1 atom stereocenters. The van der Waals surface area contributed by atoms with Crippen LogP contribution in [-0.2, 0) is 4.79 Å². The summed E-state index contributed by atoms with van der Waals surface area (Å²) < 4.78 is 5.17. The predicted octanol–water partition coefficient (Wildman–Crippen LogP) is 3.66. The van der Waals surface area contributed by atoms with Crippen molar-refractivity contribution in [3.8, 4) is 16.3 Å². The number of methoxy groups -OCH3 is 1. The molecule has 2 aromatic rings. The first-order valence-electron chi connectivity index (χ1n) is 10.5. The number of aromatic nitrogens is 2. The molecule has 0 bridgehead atoms. The lowest BCUT2D eigenvalue weighted by atomic mass is 9.96. The molecule has 2 heterocycles. The number of benzene rings is 1. The number of carbonyl (C=O) groups excluding carboxylic acids is 2. The maximum absolute atomic E-state index is 12.8. The van der Waals surface area contributed by atoms with E-state index in [1.54, 1.807) is 12.0 Å². The summed E-state index contributed by atoms with van der Waals surface area (Å²) in [7, 11) is 1.62. The monoisotopic (exact) mass is 429 g/mol. The molecule has 4 rings (SSSR count). The van der Waals surface area contributed by atoms with Crippen molar-refractivity contribution in [2.24, 2.45) is 0 Å². The first-order valence-corrected chi connectivity index (χ1v) is 11.3. The topological polar surface area (TPSA) is 96.5 Å². The Morgan fingerprint density at radius 2 is 1.83 bits per heavy atom. The van der Waals surface area contributed by atoms with Gasteiger partial charge in [-0.2, -0.15) is 0 Å². The number of ether oxygens (including phenoxy) is 1. The van der Waals surface area contributed by atoms with Gasteiger partial charge in [0.1, 0.15) is 16.8 Å². The maximum atomic E-state index is 12.8. The number of urea groups is 1. The summed E-state index contributed by atoms with van der Waals surface area (Å²) >= 11 is 1.31. The molecule has 0 radical (unpaired) electrons. The lowest BCUT2D eigenvalue weighted by Gasteiger charge is -2.28. The van der Waals surface area contributed by atoms with E-state index < -0.39 is 6.04 Å². The average Bonchev–Trinajstić information content (AvgIpc) is 3.44. The molecule has 1 aliphatic heterocycles. The number of rotatable bonds is 5. The van der Waals surface area contributed by atoms with E-state index in [1.165, 1.54) is 17.8 Å². The first kappa shape index (κ1) is 20.6. The summed E-state index contributed by atoms with van der Waals surface area (Å²) in [4.78, 5) is 27.2. The Balaban J connectivity index is 1.36. The molecule has 1 saturated carbocycles. The largest absolute Gasteiger partial charge is 0.497 e. The van der Waals surface area contributed by atoms with E-state index >= 15 is 0 Å². The van der Waals surface area contributed by atoms with E-state index in [1.807, 2.05) is 24.3 Å². The Morgan fingerprint density at radius 3 is 2.57 bits per heavy atom. The zero-order valence-electron chi connectivity index (χ0n) is 17.1. The van der Waals surface area contributed by atoms with Crippen molar-refractivity contribution in [1.82, 2.24) is 20.4 Å². The normalized spacial score (nSPS) is 19.5. The van der Waals surface area contributed by atoms with Crippen LogP contribution in [0, 0.1) is 0 Å². The molecule has 1 aliphatic carbocycles. The van der Waals surface area contributed by atoms with Crippen LogP contribution in [0.1, 0.15) is 44.9 Å². The SMILES string of the molecule is COc1ccc(-c2nnc(NC(=O)[C@@H]3CCCN3C(=O)NC3CCCCC3)s2)cc1. The summed E-state index contributed by atoms with van der Waals surface area (Å²) in [6.45, 7) is 0.601. The number of hydrogen-bond acceptors (Lipinski definition) is 6. The van der Waals surface area contributed by atoms with E-state index in [0.29, 0.717) is 23.1 Å². The van der Waals surface area contributed by atoms with Gasteiger partial charge in [0.05, 0.1) is 7.11 Å². The number of amides is 3. The van der Waals surface area contributed by atoms with Gasteiger partial charge in [-0.3, -0.25) is 10.1 Å². The number of nitrogens with one attached hydrogen (secondary N) is 2. The first-order chi connectivity index (χ1) is 14.6. The van der Waals surface area contributed by atoms with Gasteiger partial charge in [0, 0.05) is 18.2 Å². The van der Waals surface area contributed by atoms with Gasteiger partial charge in [-0.05, 0) is 49.9 Å². The Bertz CT molecular complexity index is 879. The number of anilines is 1. The summed E-state index contributed by atoms with van der Waals surface area (Å²) in [6.07, 6.45) is 7.08. The standard InChI is InChI=1S/C21H27N5O3S/c1-29-16-11-9-14(10-12-16)19-24-25-20(30-19)23-18(27)17-8-5-13-26(17)21(28)22-15-6-3-2-4-7-15/h9-12,15,17H,2-8,13H2,1H3,(H,22,28)(H,23,25,27)/t17-/m0/s1. The summed E-state index contributed by atoms with van der Waals surface area (Å²) in [5.74, 6) is 0.563. The van der Waals surface area contributed by atoms with Crippen LogP contribution < -0.4 is 15.4 Å². The maximum Gasteiger partial charge on any atom is 0.318 e. The van der Waals surface area contributed by atoms with Crippen LogP contribution in [0.2, 0.25) is 0 Å². The Morgan fingerprint density at radius 1 is 1.07 bits per heavy atom. The van der Waals surface area contributed by atoms with Gasteiger partial charge >= 0.3 is 6.03 Å². The molecular weight excluding hydrogens is 402 g/mol. The fourth-order valence-electron chi connectivity index (χ4n) is 4.10. The van der Waals surface area contributed by atoms with Crippen molar-refractivity contribution >= 4 is 28.4 Å². The predicted molar refractivity (Wildman–Crippen MR) is 116 cm³/mol. The van der Waals surface area contributed by atoms with Gasteiger partial charge in [-0.1, -0.05) is 30.6 Å². The zero-order chi connectivity index (χ0) is 20.9. The van der Waals surface area contributed by atoms with Crippen LogP contribution in [0.3, 0.4) is 0 Å². The van der Waals surface area contributed by atoms with Crippen molar-refractivity contribution in [2.75, 3.05) is 19.0 Å². The molecule has 2 N–H and O–H groups in total. The smallest absolute Gasteiger partial charge is 0.318 e. The van der Waals surface area contributed by atoms with Crippen molar-refractivity contribution in [3.05, 3.63) is 24.3 Å². The fourth-order valence-corrected chi connectivity index (χ4v) is 4.85. The van der Waals surface area contributed by atoms with E-state index in [4.69, 9.17) is 4.74 Å². The lowest BCUT2D eigenvalue weighted by Crippen LogP contribution is -2.50. The van der Waals surface area contributed by atoms with Crippen molar-refractivity contribution in [3.63, 3.8) is 0 Å². The molecule has 30 heavy (non-hydrogen) atoms. The Hall–Kier alpha value is -2.68. The van der Waals surface area contributed by atoms with E-state index in [9.17, 15) is 9.59 Å². The third-order valence-corrected chi connectivity index (χ3v) is 6.63. The van der Waals surface area contributed by atoms with Gasteiger partial charge in [0.25, 0.3) is 0 Å². The minimum Gasteiger partial charge on any atom is -0.497 e. The second kappa shape index (κ2) is 9.42. The highest BCUT2D eigenvalue weighted by Crippen LogP contribution is 2.28. The summed E-state index contributed by atoms with van der Waals surface area (Å²) in [6, 6.07) is 7.15. The molecule has 2 fully saturated rings. The van der Waals surface area contributed by atoms with Gasteiger partial charge in [0.2, 0.25) is 11.0 Å².